The fourth-order valence-corrected chi connectivity index (χ4v) is 2.83. The molecule has 3 atom stereocenters. The van der Waals surface area contributed by atoms with E-state index in [1.54, 1.807) is 0 Å². The van der Waals surface area contributed by atoms with Crippen LogP contribution in [0, 0.1) is 0 Å². The van der Waals surface area contributed by atoms with Crippen LogP contribution in [0.15, 0.2) is 12.7 Å². The van der Waals surface area contributed by atoms with E-state index in [9.17, 15) is 4.39 Å². The smallest absolute Gasteiger partial charge is 0.321 e. The molecule has 0 amide bonds. The molecule has 2 aromatic heterocycles. The molecule has 3 heterocycles. The van der Waals surface area contributed by atoms with Gasteiger partial charge >= 0.3 is 6.72 Å². The van der Waals surface area contributed by atoms with E-state index in [0.717, 1.165) is 0 Å². The lowest BCUT2D eigenvalue weighted by molar-refractivity contribution is -0.0327. The van der Waals surface area contributed by atoms with Gasteiger partial charge in [-0.3, -0.25) is 4.57 Å². The lowest BCUT2D eigenvalue weighted by Gasteiger charge is -2.16. The average molecular weight is 349 g/mol. The summed E-state index contributed by atoms with van der Waals surface area (Å²) in [6, 6.07) is 0. The third-order valence-electron chi connectivity index (χ3n) is 3.22. The molecule has 0 unspecified atom stereocenters. The molecule has 12 heteroatoms. The lowest BCUT2D eigenvalue weighted by Crippen LogP contribution is -2.17. The van der Waals surface area contributed by atoms with Crippen LogP contribution in [0.3, 0.4) is 0 Å². The molecule has 1 aliphatic heterocycles. The first-order valence-corrected chi connectivity index (χ1v) is 8.90. The molecule has 0 aliphatic carbocycles. The number of halogens is 1. The molecule has 0 radical (unpaired) electrons. The Hall–Kier alpha value is -1.23. The number of nitrogens with two attached hydrogens (primary N) is 1. The Balaban J connectivity index is 1.80. The fourth-order valence-electron chi connectivity index (χ4n) is 2.29. The Kier molecular flexibility index (Phi) is 4.10. The summed E-state index contributed by atoms with van der Waals surface area (Å²) in [4.78, 5) is 30.0. The highest BCUT2D eigenvalue weighted by molar-refractivity contribution is 8.06. The Labute approximate surface area is 129 Å². The zero-order chi connectivity index (χ0) is 15.9. The predicted molar refractivity (Wildman–Crippen MR) is 77.8 cm³/mol. The number of anilines is 1. The Morgan fingerprint density at radius 3 is 3.00 bits per heavy atom. The fraction of sp³-hybridized carbons (Fsp3) is 0.500. The summed E-state index contributed by atoms with van der Waals surface area (Å²) in [5.74, 6) is 0.193. The first-order valence-electron chi connectivity index (χ1n) is 6.28. The van der Waals surface area contributed by atoms with Crippen LogP contribution in [0.4, 0.5) is 10.2 Å². The normalized spacial score (nSPS) is 25.9. The number of hydrogen-bond acceptors (Lipinski definition) is 7. The van der Waals surface area contributed by atoms with Gasteiger partial charge in [0.25, 0.3) is 0 Å². The van der Waals surface area contributed by atoms with Crippen LogP contribution in [0.25, 0.3) is 11.2 Å². The molecule has 0 spiro atoms. The molecule has 1 aliphatic rings. The first kappa shape index (κ1) is 15.7. The van der Waals surface area contributed by atoms with Gasteiger partial charge in [-0.05, 0) is 11.8 Å². The van der Waals surface area contributed by atoms with Gasteiger partial charge in [-0.1, -0.05) is 0 Å². The lowest BCUT2D eigenvalue weighted by atomic mass is 10.2. The van der Waals surface area contributed by atoms with E-state index < -0.39 is 25.2 Å². The molecule has 0 saturated carbocycles. The third-order valence-corrected chi connectivity index (χ3v) is 4.02. The summed E-state index contributed by atoms with van der Waals surface area (Å²) in [6.07, 6.45) is -0.288. The van der Waals surface area contributed by atoms with Crippen molar-refractivity contribution >= 4 is 35.5 Å². The zero-order valence-electron chi connectivity index (χ0n) is 11.1. The molecule has 4 N–H and O–H groups in total. The van der Waals surface area contributed by atoms with E-state index in [2.05, 4.69) is 26.8 Å². The highest BCUT2D eigenvalue weighted by atomic mass is 32.5. The van der Waals surface area contributed by atoms with Gasteiger partial charge in [0.2, 0.25) is 0 Å². The van der Waals surface area contributed by atoms with Crippen LogP contribution in [-0.4, -0.2) is 48.2 Å². The van der Waals surface area contributed by atoms with Crippen molar-refractivity contribution in [2.24, 2.45) is 0 Å². The van der Waals surface area contributed by atoms with E-state index in [-0.39, 0.29) is 18.8 Å². The van der Waals surface area contributed by atoms with Gasteiger partial charge < -0.3 is 24.8 Å². The van der Waals surface area contributed by atoms with Crippen LogP contribution in [0.2, 0.25) is 0 Å². The SMILES string of the molecule is Nc1ncnc2c1ncn2[C@@H]1O[C@H](COP(O)(O)=S)C[C@H]1F. The van der Waals surface area contributed by atoms with E-state index in [1.165, 1.54) is 17.2 Å². The van der Waals surface area contributed by atoms with Crippen molar-refractivity contribution in [1.82, 2.24) is 19.5 Å². The van der Waals surface area contributed by atoms with Crippen molar-refractivity contribution in [3.05, 3.63) is 12.7 Å². The van der Waals surface area contributed by atoms with Crippen molar-refractivity contribution < 1.29 is 23.4 Å². The third kappa shape index (κ3) is 3.09. The molecule has 0 aromatic carbocycles. The maximum Gasteiger partial charge on any atom is 0.321 e. The molecule has 120 valence electrons. The number of nitrogen functional groups attached to an aromatic ring is 1. The van der Waals surface area contributed by atoms with E-state index >= 15 is 0 Å². The monoisotopic (exact) mass is 349 g/mol. The van der Waals surface area contributed by atoms with Gasteiger partial charge in [0.1, 0.15) is 18.0 Å². The van der Waals surface area contributed by atoms with Gasteiger partial charge in [0.05, 0.1) is 19.0 Å². The zero-order valence-corrected chi connectivity index (χ0v) is 12.8. The number of aromatic nitrogens is 4. The minimum atomic E-state index is -3.79. The predicted octanol–water partition coefficient (Wildman–Crippen LogP) is 0.260. The highest BCUT2D eigenvalue weighted by Gasteiger charge is 2.38. The molecular weight excluding hydrogens is 336 g/mol. The van der Waals surface area contributed by atoms with Crippen molar-refractivity contribution in [3.63, 3.8) is 0 Å². The van der Waals surface area contributed by atoms with Crippen molar-refractivity contribution in [2.45, 2.75) is 24.9 Å². The largest absolute Gasteiger partial charge is 0.382 e. The van der Waals surface area contributed by atoms with Gasteiger partial charge in [-0.25, -0.2) is 19.3 Å². The summed E-state index contributed by atoms with van der Waals surface area (Å²) in [5, 5.41) is 0. The number of rotatable bonds is 4. The second-order valence-corrected chi connectivity index (χ2v) is 7.44. The average Bonchev–Trinajstić information content (AvgIpc) is 3.00. The van der Waals surface area contributed by atoms with E-state index in [0.29, 0.717) is 11.2 Å². The molecule has 1 saturated heterocycles. The maximum absolute atomic E-state index is 14.2. The molecular formula is C10H13FN5O4PS. The quantitative estimate of drug-likeness (QED) is 0.666. The van der Waals surface area contributed by atoms with Crippen LogP contribution >= 0.6 is 6.72 Å². The molecule has 0 bridgehead atoms. The van der Waals surface area contributed by atoms with Gasteiger partial charge in [-0.2, -0.15) is 0 Å². The summed E-state index contributed by atoms with van der Waals surface area (Å²) in [7, 11) is 0. The van der Waals surface area contributed by atoms with Gasteiger partial charge in [-0.15, -0.1) is 0 Å². The second-order valence-electron chi connectivity index (χ2n) is 4.77. The van der Waals surface area contributed by atoms with Crippen LogP contribution < -0.4 is 5.73 Å². The van der Waals surface area contributed by atoms with Crippen LogP contribution in [0.5, 0.6) is 0 Å². The molecule has 2 aromatic rings. The Morgan fingerprint density at radius 1 is 1.50 bits per heavy atom. The van der Waals surface area contributed by atoms with Gasteiger partial charge in [0.15, 0.2) is 17.7 Å². The van der Waals surface area contributed by atoms with E-state index in [4.69, 9.17) is 24.8 Å². The number of fused-ring (bicyclic) bond motifs is 1. The Bertz CT molecular complexity index is 739. The molecule has 1 fully saturated rings. The first-order chi connectivity index (χ1) is 10.3. The van der Waals surface area contributed by atoms with E-state index in [1.807, 2.05) is 0 Å². The summed E-state index contributed by atoms with van der Waals surface area (Å²) < 4.78 is 25.9. The topological polar surface area (TPSA) is 129 Å². The second kappa shape index (κ2) is 5.76. The number of nitrogens with zero attached hydrogens (tertiary/aromatic N) is 4. The number of hydrogen-bond donors (Lipinski definition) is 3. The standard InChI is InChI=1S/C10H13FN5O4PS/c11-6-1-5(2-19-21(17,18)22)20-10(6)16-4-15-7-8(12)13-3-14-9(7)16/h3-6,10H,1-2H2,(H2,12,13,14)(H2,17,18,22)/t5-,6+,10+/m0/s1. The number of alkyl halides is 1. The number of ether oxygens (including phenoxy) is 1. The number of imidazole rings is 1. The minimum absolute atomic E-state index is 0.0280. The van der Waals surface area contributed by atoms with Crippen molar-refractivity contribution in [2.75, 3.05) is 12.3 Å². The van der Waals surface area contributed by atoms with Crippen LogP contribution in [0.1, 0.15) is 12.6 Å². The van der Waals surface area contributed by atoms with Crippen LogP contribution in [-0.2, 0) is 21.1 Å². The molecule has 9 nitrogen and oxygen atoms in total. The highest BCUT2D eigenvalue weighted by Crippen LogP contribution is 2.39. The summed E-state index contributed by atoms with van der Waals surface area (Å²) >= 11 is 4.34. The Morgan fingerprint density at radius 2 is 2.27 bits per heavy atom. The van der Waals surface area contributed by atoms with Gasteiger partial charge in [0, 0.05) is 6.42 Å². The summed E-state index contributed by atoms with van der Waals surface area (Å²) in [5.41, 5.74) is 6.40. The molecule has 22 heavy (non-hydrogen) atoms. The minimum Gasteiger partial charge on any atom is -0.382 e. The summed E-state index contributed by atoms with van der Waals surface area (Å²) in [6.45, 7) is -3.99. The maximum atomic E-state index is 14.2. The van der Waals surface area contributed by atoms with Crippen molar-refractivity contribution in [1.29, 1.82) is 0 Å². The molecule has 3 rings (SSSR count). The van der Waals surface area contributed by atoms with Crippen molar-refractivity contribution in [3.8, 4) is 0 Å².